The fourth-order valence-corrected chi connectivity index (χ4v) is 14.3. The average molecular weight is 1910 g/mol. The Kier molecular flexibility index (Phi) is 97.3. The summed E-state index contributed by atoms with van der Waals surface area (Å²) < 4.78 is 100. The van der Waals surface area contributed by atoms with Crippen LogP contribution in [0.25, 0.3) is 0 Å². The number of rotatable bonds is 85. The van der Waals surface area contributed by atoms with E-state index >= 15 is 0 Å². The van der Waals surface area contributed by atoms with Crippen LogP contribution in [-0.4, -0.2) is 283 Å². The average Bonchev–Trinajstić information content (AvgIpc) is 0.864. The molecule has 22 nitrogen and oxygen atoms in total. The number of terminal acetylenes is 2. The first-order valence-corrected chi connectivity index (χ1v) is 54.0. The van der Waals surface area contributed by atoms with Gasteiger partial charge >= 0.3 is 6.18 Å². The Morgan fingerprint density at radius 1 is 0.336 bits per heavy atom. The summed E-state index contributed by atoms with van der Waals surface area (Å²) >= 11 is -1.12. The number of carbonyl (C=O) groups is 2. The predicted molar refractivity (Wildman–Crippen MR) is 543 cm³/mol. The molecule has 128 heavy (non-hydrogen) atoms. The van der Waals surface area contributed by atoms with Crippen LogP contribution in [0.15, 0.2) is 58.3 Å². The molecule has 2 aromatic rings. The lowest BCUT2D eigenvalue weighted by Crippen LogP contribution is -2.31. The van der Waals surface area contributed by atoms with Crippen LogP contribution in [0, 0.1) is 41.9 Å². The highest BCUT2D eigenvalue weighted by atomic mass is 32.3. The Morgan fingerprint density at radius 3 is 0.805 bits per heavy atom. The monoisotopic (exact) mass is 1910 g/mol. The first-order valence-electron chi connectivity index (χ1n) is 48.5. The summed E-state index contributed by atoms with van der Waals surface area (Å²) in [5.41, 5.74) is 2.25. The van der Waals surface area contributed by atoms with Crippen molar-refractivity contribution in [3.8, 4) is 24.7 Å². The van der Waals surface area contributed by atoms with Crippen LogP contribution in [0.2, 0.25) is 0 Å². The van der Waals surface area contributed by atoms with Crippen molar-refractivity contribution in [1.82, 2.24) is 106 Å². The second-order valence-electron chi connectivity index (χ2n) is 32.9. The van der Waals surface area contributed by atoms with E-state index < -0.39 is 39.6 Å². The molecule has 0 radical (unpaired) electrons. The van der Waals surface area contributed by atoms with Crippen molar-refractivity contribution in [3.05, 3.63) is 59.7 Å². The molecular weight excluding hydrogens is 1720 g/mol. The summed E-state index contributed by atoms with van der Waals surface area (Å²) in [4.78, 5) is 21.1. The van der Waals surface area contributed by atoms with Gasteiger partial charge in [-0.1, -0.05) is 112 Å². The minimum Gasteiger partial charge on any atom is -0.345 e. The highest BCUT2D eigenvalue weighted by Crippen LogP contribution is 2.60. The van der Waals surface area contributed by atoms with E-state index in [1.807, 2.05) is 35.4 Å². The van der Waals surface area contributed by atoms with Gasteiger partial charge in [-0.05, 0) is 382 Å². The maximum Gasteiger partial charge on any atom is 0.401 e. The highest BCUT2D eigenvalue weighted by molar-refractivity contribution is 8.24. The van der Waals surface area contributed by atoms with E-state index in [1.54, 1.807) is 12.1 Å². The molecule has 20 N–H and O–H groups in total. The molecule has 0 saturated carbocycles. The molecule has 34 heteroatoms. The van der Waals surface area contributed by atoms with E-state index in [2.05, 4.69) is 169 Å². The fraction of sp³-hybridized carbons (Fsp3) is 0.809. The van der Waals surface area contributed by atoms with Crippen molar-refractivity contribution in [2.45, 2.75) is 220 Å². The number of halogens is 8. The van der Waals surface area contributed by atoms with Gasteiger partial charge in [0.25, 0.3) is 11.8 Å². The third-order valence-electron chi connectivity index (χ3n) is 20.1. The molecule has 0 spiro atoms. The SMILES string of the molecule is C#CC(=O)NCCCNCCCNCCCNC(=O)C#C.CC(C)(C)CCNCCCNCCCNCCCNCC(F)(F)F.CCC(CC)CNCCCNCCCNCCCNCC(CC)CC.CCSCCNCCCNCCCNCCCNCCSCC.CS(F)(F)c1ccc(CNCCCNCCCNCCCNCc2ccc(S(F)(F)F)cc2)cc1. The van der Waals surface area contributed by atoms with Gasteiger partial charge in [0.1, 0.15) is 0 Å². The molecule has 0 fully saturated rings. The standard InChI is InChI=1S/C24H37F5N4S2.C21H48N4.C17H37F3N4.C17H40N4S2.C15H24N4O2/c1-34(25,26)23-9-5-21(6-10-23)19-32-17-3-15-30-13-2-14-31-16-4-18-33-20-22-7-11-24(12-8-22)35(27,28)29;1-5-20(6-2)18-24-16-10-14-22-12-9-13-23-15-11-17-25-19-21(7-3)8-4;1-16(2,3)7-14-23-12-5-10-21-8-4-9-22-11-6-13-24-15-17(18,19)20;1-3-22-16-14-20-12-6-10-18-8-5-9-19-11-7-13-21-15-17-23-4-2;1-3-14(20)18-12-6-10-16-8-5-9-17-11-7-13-19-15(21)4-2/h5-12,30-33H,2-4,13-20H2,1H3;20-25H,5-19H2,1-4H3;21-24H,4-15H2,1-3H3;18-21H,3-17H2,1-2H3;1-2,16-17H,5-13H2,(H,18,20)(H,19,21). The van der Waals surface area contributed by atoms with Crippen molar-refractivity contribution in [1.29, 1.82) is 0 Å². The van der Waals surface area contributed by atoms with Crippen molar-refractivity contribution >= 4 is 57.3 Å². The number of nitrogens with one attached hydrogen (secondary N) is 20. The van der Waals surface area contributed by atoms with Gasteiger partial charge in [-0.15, -0.1) is 24.5 Å². The Hall–Kier alpha value is -3.38. The third-order valence-corrected chi connectivity index (χ3v) is 23.8. The van der Waals surface area contributed by atoms with Crippen molar-refractivity contribution in [2.24, 2.45) is 17.3 Å². The molecule has 2 aromatic carbocycles. The van der Waals surface area contributed by atoms with Crippen LogP contribution in [-0.2, 0) is 22.7 Å². The number of amides is 2. The minimum absolute atomic E-state index is 0.119. The normalized spacial score (nSPS) is 11.9. The van der Waals surface area contributed by atoms with Gasteiger partial charge in [-0.3, -0.25) is 9.59 Å². The zero-order valence-electron chi connectivity index (χ0n) is 81.2. The number of benzene rings is 2. The van der Waals surface area contributed by atoms with E-state index in [1.165, 1.54) is 131 Å². The van der Waals surface area contributed by atoms with Gasteiger partial charge in [0, 0.05) is 61.9 Å². The highest BCUT2D eigenvalue weighted by Gasteiger charge is 2.26. The van der Waals surface area contributed by atoms with Crippen LogP contribution < -0.4 is 106 Å². The molecule has 0 aliphatic carbocycles. The van der Waals surface area contributed by atoms with Crippen molar-refractivity contribution in [3.63, 3.8) is 0 Å². The molecule has 0 aliphatic heterocycles. The molecule has 0 aliphatic rings. The number of hydrogen-bond donors (Lipinski definition) is 20. The Morgan fingerprint density at radius 2 is 0.570 bits per heavy atom. The Bertz CT molecular complexity index is 2570. The maximum atomic E-state index is 13.3. The Balaban J connectivity index is -0.00000155. The molecule has 754 valence electrons. The molecular formula is C94H186F8N20O2S4. The second kappa shape index (κ2) is 96.7. The zero-order valence-corrected chi connectivity index (χ0v) is 84.5. The number of carbonyl (C=O) groups excluding carboxylic acids is 2. The van der Waals surface area contributed by atoms with E-state index in [4.69, 9.17) is 12.8 Å². The summed E-state index contributed by atoms with van der Waals surface area (Å²) in [6.45, 7) is 55.2. The van der Waals surface area contributed by atoms with E-state index in [9.17, 15) is 42.2 Å². The van der Waals surface area contributed by atoms with Crippen LogP contribution in [0.1, 0.15) is 202 Å². The van der Waals surface area contributed by atoms with Gasteiger partial charge in [-0.2, -0.15) is 44.5 Å². The topological polar surface area (TPSA) is 275 Å². The quantitative estimate of drug-likeness (QED) is 0.0167. The van der Waals surface area contributed by atoms with E-state index in [0.717, 1.165) is 289 Å². The summed E-state index contributed by atoms with van der Waals surface area (Å²) in [6.07, 6.45) is 29.0. The molecule has 0 aromatic heterocycles. The van der Waals surface area contributed by atoms with Crippen LogP contribution in [0.4, 0.5) is 32.6 Å². The zero-order chi connectivity index (χ0) is 95.1. The summed E-state index contributed by atoms with van der Waals surface area (Å²) in [7, 11) is -3.65. The van der Waals surface area contributed by atoms with E-state index in [0.29, 0.717) is 44.6 Å². The molecule has 0 bridgehead atoms. The summed E-state index contributed by atoms with van der Waals surface area (Å²) in [6, 6.07) is 11.9. The number of thioether (sulfide) groups is 2. The van der Waals surface area contributed by atoms with Gasteiger partial charge in [0.2, 0.25) is 11.2 Å². The maximum absolute atomic E-state index is 13.3. The van der Waals surface area contributed by atoms with Gasteiger partial charge in [0.05, 0.1) is 22.2 Å². The minimum atomic E-state index is -5.14. The lowest BCUT2D eigenvalue weighted by Gasteiger charge is -2.18. The summed E-state index contributed by atoms with van der Waals surface area (Å²) in [5.74, 6) is 9.92. The van der Waals surface area contributed by atoms with Crippen LogP contribution >= 0.6 is 45.5 Å². The van der Waals surface area contributed by atoms with Gasteiger partial charge in [-0.25, -0.2) is 0 Å². The second-order valence-corrected chi connectivity index (χ2v) is 38.9. The third kappa shape index (κ3) is 102. The van der Waals surface area contributed by atoms with E-state index in [-0.39, 0.29) is 16.7 Å². The lowest BCUT2D eigenvalue weighted by atomic mass is 9.92. The van der Waals surface area contributed by atoms with Crippen molar-refractivity contribution < 1.29 is 42.2 Å². The van der Waals surface area contributed by atoms with Crippen LogP contribution in [0.3, 0.4) is 0 Å². The van der Waals surface area contributed by atoms with Gasteiger partial charge in [0.15, 0.2) is 0 Å². The van der Waals surface area contributed by atoms with Crippen molar-refractivity contribution in [2.75, 3.05) is 265 Å². The van der Waals surface area contributed by atoms with Gasteiger partial charge < -0.3 is 106 Å². The number of hydrogen-bond acceptors (Lipinski definition) is 22. The largest absolute Gasteiger partial charge is 0.401 e. The molecule has 0 heterocycles. The first-order chi connectivity index (χ1) is 61.8. The smallest absolute Gasteiger partial charge is 0.345 e. The molecule has 2 amide bonds. The predicted octanol–water partition coefficient (Wildman–Crippen LogP) is 13.1. The molecule has 0 saturated heterocycles. The lowest BCUT2D eigenvalue weighted by molar-refractivity contribution is -0.124. The van der Waals surface area contributed by atoms with Crippen LogP contribution in [0.5, 0.6) is 0 Å². The molecule has 0 unspecified atom stereocenters. The first kappa shape index (κ1) is 129. The molecule has 2 rings (SSSR count). The summed E-state index contributed by atoms with van der Waals surface area (Å²) in [5, 5.41) is 65.9. The Labute approximate surface area is 787 Å². The fourth-order valence-electron chi connectivity index (χ4n) is 12.1. The molecule has 0 atom stereocenters. The number of alkyl halides is 3.